The minimum absolute atomic E-state index is 0.326. The van der Waals surface area contributed by atoms with Crippen LogP contribution in [0, 0.1) is 5.92 Å². The van der Waals surface area contributed by atoms with Gasteiger partial charge in [0.15, 0.2) is 6.61 Å². The van der Waals surface area contributed by atoms with E-state index < -0.39 is 11.9 Å². The predicted molar refractivity (Wildman–Crippen MR) is 81.2 cm³/mol. The van der Waals surface area contributed by atoms with Crippen LogP contribution in [0.1, 0.15) is 19.4 Å². The second-order valence-electron chi connectivity index (χ2n) is 4.99. The molecule has 0 fully saturated rings. The number of carbonyl (C=O) groups is 2. The topological polar surface area (TPSA) is 93.4 Å². The zero-order chi connectivity index (χ0) is 15.8. The SMILES string of the molecule is CC(C)CNCc1ccc(OCC(=O)NC(N)=O)c(Cl)c1. The number of primary amides is 1. The van der Waals surface area contributed by atoms with E-state index in [9.17, 15) is 9.59 Å². The molecule has 0 saturated carbocycles. The first-order valence-electron chi connectivity index (χ1n) is 6.59. The third-order valence-corrected chi connectivity index (χ3v) is 2.79. The standard InChI is InChI=1S/C14H20ClN3O3/c1-9(2)6-17-7-10-3-4-12(11(15)5-10)21-8-13(19)18-14(16)20/h3-5,9,17H,6-8H2,1-2H3,(H3,16,18,19,20). The number of benzene rings is 1. The Labute approximate surface area is 129 Å². The molecule has 0 aliphatic carbocycles. The predicted octanol–water partition coefficient (Wildman–Crippen LogP) is 1.66. The lowest BCUT2D eigenvalue weighted by molar-refractivity contribution is -0.121. The Kier molecular flexibility index (Phi) is 6.98. The molecule has 0 spiro atoms. The summed E-state index contributed by atoms with van der Waals surface area (Å²) >= 11 is 6.08. The highest BCUT2D eigenvalue weighted by atomic mass is 35.5. The zero-order valence-corrected chi connectivity index (χ0v) is 12.9. The van der Waals surface area contributed by atoms with Gasteiger partial charge in [0.2, 0.25) is 0 Å². The van der Waals surface area contributed by atoms with Gasteiger partial charge in [-0.05, 0) is 30.2 Å². The summed E-state index contributed by atoms with van der Waals surface area (Å²) in [6, 6.07) is 4.41. The van der Waals surface area contributed by atoms with Crippen molar-refractivity contribution in [2.45, 2.75) is 20.4 Å². The van der Waals surface area contributed by atoms with E-state index in [-0.39, 0.29) is 6.61 Å². The lowest BCUT2D eigenvalue weighted by atomic mass is 10.2. The molecule has 0 aliphatic rings. The van der Waals surface area contributed by atoms with Gasteiger partial charge in [-0.1, -0.05) is 31.5 Å². The fourth-order valence-corrected chi connectivity index (χ4v) is 1.85. The summed E-state index contributed by atoms with van der Waals surface area (Å²) < 4.78 is 5.22. The van der Waals surface area contributed by atoms with Crippen LogP contribution in [-0.4, -0.2) is 25.1 Å². The summed E-state index contributed by atoms with van der Waals surface area (Å²) in [6.45, 7) is 5.57. The van der Waals surface area contributed by atoms with Crippen molar-refractivity contribution < 1.29 is 14.3 Å². The molecule has 1 aromatic rings. The molecule has 0 aromatic heterocycles. The molecule has 1 rings (SSSR count). The number of ether oxygens (including phenoxy) is 1. The van der Waals surface area contributed by atoms with Gasteiger partial charge < -0.3 is 15.8 Å². The number of rotatable bonds is 7. The van der Waals surface area contributed by atoms with Gasteiger partial charge in [0.25, 0.3) is 5.91 Å². The van der Waals surface area contributed by atoms with Crippen LogP contribution < -0.4 is 21.1 Å². The molecule has 6 nitrogen and oxygen atoms in total. The monoisotopic (exact) mass is 313 g/mol. The summed E-state index contributed by atoms with van der Waals surface area (Å²) in [7, 11) is 0. The molecule has 0 heterocycles. The lowest BCUT2D eigenvalue weighted by Gasteiger charge is -2.10. The van der Waals surface area contributed by atoms with Gasteiger partial charge in [-0.15, -0.1) is 0 Å². The smallest absolute Gasteiger partial charge is 0.318 e. The molecule has 0 saturated heterocycles. The number of amides is 3. The summed E-state index contributed by atoms with van der Waals surface area (Å²) in [4.78, 5) is 21.7. The molecule has 0 atom stereocenters. The Morgan fingerprint density at radius 1 is 1.38 bits per heavy atom. The van der Waals surface area contributed by atoms with Crippen LogP contribution in [-0.2, 0) is 11.3 Å². The number of urea groups is 1. The fraction of sp³-hybridized carbons (Fsp3) is 0.429. The van der Waals surface area contributed by atoms with Crippen molar-refractivity contribution in [2.75, 3.05) is 13.2 Å². The van der Waals surface area contributed by atoms with Gasteiger partial charge in [0.1, 0.15) is 5.75 Å². The number of imide groups is 1. The molecular formula is C14H20ClN3O3. The highest BCUT2D eigenvalue weighted by Crippen LogP contribution is 2.25. The van der Waals surface area contributed by atoms with E-state index in [1.807, 2.05) is 11.4 Å². The Bertz CT molecular complexity index is 506. The number of nitrogens with two attached hydrogens (primary N) is 1. The van der Waals surface area contributed by atoms with E-state index in [1.165, 1.54) is 0 Å². The van der Waals surface area contributed by atoms with Gasteiger partial charge in [-0.25, -0.2) is 4.79 Å². The van der Waals surface area contributed by atoms with Crippen LogP contribution in [0.15, 0.2) is 18.2 Å². The van der Waals surface area contributed by atoms with Gasteiger partial charge >= 0.3 is 6.03 Å². The molecule has 1 aromatic carbocycles. The Hall–Kier alpha value is -1.79. The molecule has 0 aliphatic heterocycles. The van der Waals surface area contributed by atoms with Crippen LogP contribution in [0.4, 0.5) is 4.79 Å². The first-order chi connectivity index (χ1) is 9.88. The summed E-state index contributed by atoms with van der Waals surface area (Å²) in [5, 5.41) is 5.62. The molecule has 0 radical (unpaired) electrons. The average Bonchev–Trinajstić information content (AvgIpc) is 2.36. The number of carbonyl (C=O) groups excluding carboxylic acids is 2. The number of halogens is 1. The van der Waals surface area contributed by atoms with E-state index in [0.29, 0.717) is 23.2 Å². The summed E-state index contributed by atoms with van der Waals surface area (Å²) in [5.74, 6) is 0.331. The quantitative estimate of drug-likeness (QED) is 0.713. The molecule has 21 heavy (non-hydrogen) atoms. The van der Waals surface area contributed by atoms with Crippen LogP contribution in [0.25, 0.3) is 0 Å². The maximum atomic E-state index is 11.2. The van der Waals surface area contributed by atoms with Gasteiger partial charge in [0, 0.05) is 6.54 Å². The maximum Gasteiger partial charge on any atom is 0.318 e. The lowest BCUT2D eigenvalue weighted by Crippen LogP contribution is -2.38. The van der Waals surface area contributed by atoms with Gasteiger partial charge in [-0.2, -0.15) is 0 Å². The van der Waals surface area contributed by atoms with Crippen molar-refractivity contribution in [1.29, 1.82) is 0 Å². The Morgan fingerprint density at radius 3 is 2.67 bits per heavy atom. The van der Waals surface area contributed by atoms with Crippen LogP contribution in [0.5, 0.6) is 5.75 Å². The highest BCUT2D eigenvalue weighted by Gasteiger charge is 2.08. The second kappa shape index (κ2) is 8.49. The largest absolute Gasteiger partial charge is 0.482 e. The van der Waals surface area contributed by atoms with E-state index in [1.54, 1.807) is 12.1 Å². The molecule has 0 unspecified atom stereocenters. The maximum absolute atomic E-state index is 11.2. The third kappa shape index (κ3) is 6.97. The van der Waals surface area contributed by atoms with Crippen LogP contribution in [0.3, 0.4) is 0 Å². The van der Waals surface area contributed by atoms with Crippen LogP contribution >= 0.6 is 11.6 Å². The highest BCUT2D eigenvalue weighted by molar-refractivity contribution is 6.32. The van der Waals surface area contributed by atoms with E-state index in [2.05, 4.69) is 19.2 Å². The van der Waals surface area contributed by atoms with Crippen molar-refractivity contribution in [1.82, 2.24) is 10.6 Å². The van der Waals surface area contributed by atoms with Gasteiger partial charge in [0.05, 0.1) is 5.02 Å². The molecule has 7 heteroatoms. The second-order valence-corrected chi connectivity index (χ2v) is 5.40. The Morgan fingerprint density at radius 2 is 2.10 bits per heavy atom. The summed E-state index contributed by atoms with van der Waals surface area (Å²) in [6.07, 6.45) is 0. The molecule has 116 valence electrons. The van der Waals surface area contributed by atoms with E-state index >= 15 is 0 Å². The van der Waals surface area contributed by atoms with Crippen molar-refractivity contribution >= 4 is 23.5 Å². The molecule has 0 bridgehead atoms. The normalized spacial score (nSPS) is 10.5. The van der Waals surface area contributed by atoms with Crippen molar-refractivity contribution in [3.8, 4) is 5.75 Å². The van der Waals surface area contributed by atoms with Crippen molar-refractivity contribution in [3.05, 3.63) is 28.8 Å². The number of nitrogens with one attached hydrogen (secondary N) is 2. The van der Waals surface area contributed by atoms with Crippen molar-refractivity contribution in [3.63, 3.8) is 0 Å². The first kappa shape index (κ1) is 17.3. The van der Waals surface area contributed by atoms with E-state index in [4.69, 9.17) is 22.1 Å². The molecular weight excluding hydrogens is 294 g/mol. The Balaban J connectivity index is 2.50. The molecule has 4 N–H and O–H groups in total. The number of hydrogen-bond acceptors (Lipinski definition) is 4. The van der Waals surface area contributed by atoms with Crippen LogP contribution in [0.2, 0.25) is 5.02 Å². The third-order valence-electron chi connectivity index (χ3n) is 2.50. The van der Waals surface area contributed by atoms with Crippen molar-refractivity contribution in [2.24, 2.45) is 11.7 Å². The minimum atomic E-state index is -0.915. The number of hydrogen-bond donors (Lipinski definition) is 3. The minimum Gasteiger partial charge on any atom is -0.482 e. The summed E-state index contributed by atoms with van der Waals surface area (Å²) in [5.41, 5.74) is 5.84. The van der Waals surface area contributed by atoms with Gasteiger partial charge in [-0.3, -0.25) is 10.1 Å². The first-order valence-corrected chi connectivity index (χ1v) is 6.97. The zero-order valence-electron chi connectivity index (χ0n) is 12.1. The van der Waals surface area contributed by atoms with E-state index in [0.717, 1.165) is 12.1 Å². The fourth-order valence-electron chi connectivity index (χ4n) is 1.59. The molecule has 3 amide bonds. The average molecular weight is 314 g/mol.